The van der Waals surface area contributed by atoms with E-state index in [-0.39, 0.29) is 24.2 Å². The Morgan fingerprint density at radius 1 is 1.07 bits per heavy atom. The highest BCUT2D eigenvalue weighted by Gasteiger charge is 2.13. The SMILES string of the molecule is CC(COc1ccc(F)cc1F)NC(=O)c1cccc(NC(=O)c2cccs2)c1. The second-order valence-electron chi connectivity index (χ2n) is 6.27. The number of anilines is 1. The highest BCUT2D eigenvalue weighted by molar-refractivity contribution is 7.12. The van der Waals surface area contributed by atoms with E-state index in [1.165, 1.54) is 17.4 Å². The summed E-state index contributed by atoms with van der Waals surface area (Å²) in [6, 6.07) is 12.6. The zero-order valence-electron chi connectivity index (χ0n) is 15.4. The Bertz CT molecular complexity index is 1010. The Hall–Kier alpha value is -3.26. The Balaban J connectivity index is 1.56. The highest BCUT2D eigenvalue weighted by Crippen LogP contribution is 2.18. The maximum Gasteiger partial charge on any atom is 0.265 e. The monoisotopic (exact) mass is 416 g/mol. The van der Waals surface area contributed by atoms with E-state index in [0.717, 1.165) is 12.1 Å². The zero-order chi connectivity index (χ0) is 20.8. The van der Waals surface area contributed by atoms with Crippen LogP contribution in [0.4, 0.5) is 14.5 Å². The smallest absolute Gasteiger partial charge is 0.265 e. The van der Waals surface area contributed by atoms with Crippen molar-refractivity contribution in [2.75, 3.05) is 11.9 Å². The normalized spacial score (nSPS) is 11.6. The number of hydrogen-bond donors (Lipinski definition) is 2. The minimum Gasteiger partial charge on any atom is -0.488 e. The predicted molar refractivity (Wildman–Crippen MR) is 107 cm³/mol. The molecule has 0 aliphatic heterocycles. The lowest BCUT2D eigenvalue weighted by Gasteiger charge is -2.16. The van der Waals surface area contributed by atoms with Gasteiger partial charge < -0.3 is 15.4 Å². The molecular weight excluding hydrogens is 398 g/mol. The van der Waals surface area contributed by atoms with Crippen molar-refractivity contribution < 1.29 is 23.1 Å². The maximum absolute atomic E-state index is 13.6. The summed E-state index contributed by atoms with van der Waals surface area (Å²) in [6.07, 6.45) is 0. The number of rotatable bonds is 7. The highest BCUT2D eigenvalue weighted by atomic mass is 32.1. The molecule has 0 saturated heterocycles. The Kier molecular flexibility index (Phi) is 6.56. The van der Waals surface area contributed by atoms with Gasteiger partial charge >= 0.3 is 0 Å². The summed E-state index contributed by atoms with van der Waals surface area (Å²) in [4.78, 5) is 25.1. The van der Waals surface area contributed by atoms with Crippen molar-refractivity contribution in [3.63, 3.8) is 0 Å². The van der Waals surface area contributed by atoms with E-state index in [0.29, 0.717) is 16.1 Å². The van der Waals surface area contributed by atoms with E-state index < -0.39 is 17.7 Å². The molecule has 0 spiro atoms. The number of carbonyl (C=O) groups excluding carboxylic acids is 2. The van der Waals surface area contributed by atoms with Crippen LogP contribution in [0.1, 0.15) is 27.0 Å². The molecular formula is C21H18F2N2O3S. The van der Waals surface area contributed by atoms with E-state index in [4.69, 9.17) is 4.74 Å². The van der Waals surface area contributed by atoms with Crippen LogP contribution in [0.15, 0.2) is 60.0 Å². The standard InChI is InChI=1S/C21H18F2N2O3S/c1-13(12-28-18-8-7-15(22)11-17(18)23)24-20(26)14-4-2-5-16(10-14)25-21(27)19-6-3-9-29-19/h2-11,13H,12H2,1H3,(H,24,26)(H,25,27). The molecule has 1 aromatic heterocycles. The summed E-state index contributed by atoms with van der Waals surface area (Å²) < 4.78 is 31.8. The first-order valence-corrected chi connectivity index (χ1v) is 9.64. The third kappa shape index (κ3) is 5.61. The molecule has 1 atom stereocenters. The average Bonchev–Trinajstić information content (AvgIpc) is 3.22. The lowest BCUT2D eigenvalue weighted by molar-refractivity contribution is 0.0925. The summed E-state index contributed by atoms with van der Waals surface area (Å²) in [6.45, 7) is 1.70. The van der Waals surface area contributed by atoms with Gasteiger partial charge in [0.05, 0.1) is 10.9 Å². The number of halogens is 2. The van der Waals surface area contributed by atoms with Gasteiger partial charge in [0, 0.05) is 17.3 Å². The van der Waals surface area contributed by atoms with Crippen LogP contribution in [-0.4, -0.2) is 24.5 Å². The van der Waals surface area contributed by atoms with Gasteiger partial charge in [-0.05, 0) is 48.7 Å². The summed E-state index contributed by atoms with van der Waals surface area (Å²) in [5, 5.41) is 7.28. The Labute approximate surface area is 170 Å². The minimum absolute atomic E-state index is 0.00307. The molecule has 0 fully saturated rings. The van der Waals surface area contributed by atoms with Crippen LogP contribution in [0, 0.1) is 11.6 Å². The molecule has 2 amide bonds. The molecule has 2 aromatic carbocycles. The lowest BCUT2D eigenvalue weighted by Crippen LogP contribution is -2.36. The maximum atomic E-state index is 13.6. The van der Waals surface area contributed by atoms with Gasteiger partial charge in [-0.1, -0.05) is 12.1 Å². The largest absolute Gasteiger partial charge is 0.488 e. The minimum atomic E-state index is -0.808. The van der Waals surface area contributed by atoms with Crippen LogP contribution >= 0.6 is 11.3 Å². The van der Waals surface area contributed by atoms with Crippen molar-refractivity contribution in [1.29, 1.82) is 0 Å². The van der Waals surface area contributed by atoms with Gasteiger partial charge in [-0.2, -0.15) is 0 Å². The van der Waals surface area contributed by atoms with Crippen LogP contribution in [0.3, 0.4) is 0 Å². The predicted octanol–water partition coefficient (Wildman–Crippen LogP) is 4.48. The van der Waals surface area contributed by atoms with Gasteiger partial charge in [0.25, 0.3) is 11.8 Å². The number of benzene rings is 2. The lowest BCUT2D eigenvalue weighted by atomic mass is 10.1. The molecule has 0 radical (unpaired) electrons. The first-order chi connectivity index (χ1) is 13.9. The number of nitrogens with one attached hydrogen (secondary N) is 2. The molecule has 3 rings (SSSR count). The van der Waals surface area contributed by atoms with Crippen molar-refractivity contribution in [3.8, 4) is 5.75 Å². The first kappa shape index (κ1) is 20.5. The van der Waals surface area contributed by atoms with Crippen molar-refractivity contribution in [2.45, 2.75) is 13.0 Å². The number of amides is 2. The number of carbonyl (C=O) groups is 2. The molecule has 5 nitrogen and oxygen atoms in total. The molecule has 8 heteroatoms. The molecule has 1 heterocycles. The zero-order valence-corrected chi connectivity index (χ0v) is 16.3. The Morgan fingerprint density at radius 3 is 2.62 bits per heavy atom. The van der Waals surface area contributed by atoms with Crippen LogP contribution in [-0.2, 0) is 0 Å². The van der Waals surface area contributed by atoms with Crippen LogP contribution in [0.5, 0.6) is 5.75 Å². The van der Waals surface area contributed by atoms with Gasteiger partial charge in [-0.25, -0.2) is 8.78 Å². The third-order valence-electron chi connectivity index (χ3n) is 3.89. The summed E-state index contributed by atoms with van der Waals surface area (Å²) >= 11 is 1.32. The van der Waals surface area contributed by atoms with Gasteiger partial charge in [-0.3, -0.25) is 9.59 Å². The molecule has 150 valence electrons. The van der Waals surface area contributed by atoms with Gasteiger partial charge in [-0.15, -0.1) is 11.3 Å². The fraction of sp³-hybridized carbons (Fsp3) is 0.143. The fourth-order valence-corrected chi connectivity index (χ4v) is 3.11. The molecule has 29 heavy (non-hydrogen) atoms. The molecule has 1 unspecified atom stereocenters. The van der Waals surface area contributed by atoms with Crippen molar-refractivity contribution in [1.82, 2.24) is 5.32 Å². The molecule has 0 aliphatic carbocycles. The van der Waals surface area contributed by atoms with E-state index in [1.54, 1.807) is 48.7 Å². The summed E-state index contributed by atoms with van der Waals surface area (Å²) in [5.74, 6) is -2.21. The topological polar surface area (TPSA) is 67.4 Å². The Morgan fingerprint density at radius 2 is 1.90 bits per heavy atom. The molecule has 2 N–H and O–H groups in total. The fourth-order valence-electron chi connectivity index (χ4n) is 2.49. The van der Waals surface area contributed by atoms with Gasteiger partial charge in [0.1, 0.15) is 12.4 Å². The van der Waals surface area contributed by atoms with Crippen LogP contribution < -0.4 is 15.4 Å². The van der Waals surface area contributed by atoms with Crippen LogP contribution in [0.2, 0.25) is 0 Å². The second kappa shape index (κ2) is 9.29. The van der Waals surface area contributed by atoms with Gasteiger partial charge in [0.15, 0.2) is 11.6 Å². The molecule has 0 aliphatic rings. The van der Waals surface area contributed by atoms with E-state index in [2.05, 4.69) is 10.6 Å². The number of thiophene rings is 1. The van der Waals surface area contributed by atoms with Gasteiger partial charge in [0.2, 0.25) is 0 Å². The summed E-state index contributed by atoms with van der Waals surface area (Å²) in [7, 11) is 0. The third-order valence-corrected chi connectivity index (χ3v) is 4.76. The average molecular weight is 416 g/mol. The van der Waals surface area contributed by atoms with E-state index in [9.17, 15) is 18.4 Å². The van der Waals surface area contributed by atoms with E-state index in [1.807, 2.05) is 0 Å². The van der Waals surface area contributed by atoms with Crippen molar-refractivity contribution in [3.05, 3.63) is 82.1 Å². The molecule has 0 bridgehead atoms. The van der Waals surface area contributed by atoms with Crippen molar-refractivity contribution >= 4 is 28.8 Å². The molecule has 3 aromatic rings. The van der Waals surface area contributed by atoms with E-state index >= 15 is 0 Å². The number of ether oxygens (including phenoxy) is 1. The number of hydrogen-bond acceptors (Lipinski definition) is 4. The summed E-state index contributed by atoms with van der Waals surface area (Å²) in [5.41, 5.74) is 0.849. The quantitative estimate of drug-likeness (QED) is 0.597. The first-order valence-electron chi connectivity index (χ1n) is 8.76. The molecule has 0 saturated carbocycles. The second-order valence-corrected chi connectivity index (χ2v) is 7.22. The van der Waals surface area contributed by atoms with Crippen molar-refractivity contribution in [2.24, 2.45) is 0 Å². The van der Waals surface area contributed by atoms with Crippen LogP contribution in [0.25, 0.3) is 0 Å².